The Labute approximate surface area is 125 Å². The maximum absolute atomic E-state index is 6.30. The summed E-state index contributed by atoms with van der Waals surface area (Å²) in [5.41, 5.74) is 7.64. The molecule has 3 atom stereocenters. The first-order valence-corrected chi connectivity index (χ1v) is 8.15. The fraction of sp³-hybridized carbons (Fsp3) is 0.625. The Morgan fingerprint density at radius 3 is 2.53 bits per heavy atom. The van der Waals surface area contributed by atoms with Gasteiger partial charge in [0.15, 0.2) is 0 Å². The molecule has 0 aromatic heterocycles. The van der Waals surface area contributed by atoms with Gasteiger partial charge in [-0.15, -0.1) is 0 Å². The summed E-state index contributed by atoms with van der Waals surface area (Å²) in [6, 6.07) is 9.76. The van der Waals surface area contributed by atoms with Crippen molar-refractivity contribution in [2.24, 2.45) is 5.73 Å². The van der Waals surface area contributed by atoms with Gasteiger partial charge in [0, 0.05) is 22.6 Å². The summed E-state index contributed by atoms with van der Waals surface area (Å²) < 4.78 is 1.13. The van der Waals surface area contributed by atoms with Crippen molar-refractivity contribution in [1.29, 1.82) is 0 Å². The number of rotatable bonds is 3. The molecule has 0 amide bonds. The van der Waals surface area contributed by atoms with E-state index in [2.05, 4.69) is 58.9 Å². The molecule has 1 aliphatic rings. The van der Waals surface area contributed by atoms with Gasteiger partial charge in [0.1, 0.15) is 0 Å². The van der Waals surface area contributed by atoms with Crippen LogP contribution in [0.25, 0.3) is 0 Å². The van der Waals surface area contributed by atoms with E-state index in [9.17, 15) is 0 Å². The van der Waals surface area contributed by atoms with Gasteiger partial charge in [-0.3, -0.25) is 4.90 Å². The number of hydrogen-bond donors (Lipinski definition) is 1. The quantitative estimate of drug-likeness (QED) is 0.906. The van der Waals surface area contributed by atoms with Crippen LogP contribution in [0.5, 0.6) is 0 Å². The number of likely N-dealkylation sites (tertiary alicyclic amines) is 1. The SMILES string of the molecule is CC(N)C(c1ccc(Br)cc1)N1CCCCCC1C. The summed E-state index contributed by atoms with van der Waals surface area (Å²) in [6.07, 6.45) is 5.29. The van der Waals surface area contributed by atoms with Crippen LogP contribution in [0.1, 0.15) is 51.1 Å². The number of benzene rings is 1. The van der Waals surface area contributed by atoms with E-state index in [1.165, 1.54) is 37.8 Å². The molecular formula is C16H25BrN2. The Hall–Kier alpha value is -0.380. The van der Waals surface area contributed by atoms with Crippen molar-refractivity contribution < 1.29 is 0 Å². The summed E-state index contributed by atoms with van der Waals surface area (Å²) >= 11 is 3.51. The van der Waals surface area contributed by atoms with E-state index in [0.717, 1.165) is 4.47 Å². The van der Waals surface area contributed by atoms with Crippen molar-refractivity contribution in [2.75, 3.05) is 6.54 Å². The minimum Gasteiger partial charge on any atom is -0.326 e. The standard InChI is InChI=1S/C16H25BrN2/c1-12-6-4-3-5-11-19(12)16(13(2)18)14-7-9-15(17)10-8-14/h7-10,12-13,16H,3-6,11,18H2,1-2H3. The molecule has 19 heavy (non-hydrogen) atoms. The van der Waals surface area contributed by atoms with Crippen LogP contribution in [-0.2, 0) is 0 Å². The molecule has 106 valence electrons. The summed E-state index contributed by atoms with van der Waals surface area (Å²) in [4.78, 5) is 2.61. The largest absolute Gasteiger partial charge is 0.326 e. The fourth-order valence-electron chi connectivity index (χ4n) is 3.17. The predicted octanol–water partition coefficient (Wildman–Crippen LogP) is 4.10. The molecule has 1 heterocycles. The molecule has 0 saturated carbocycles. The van der Waals surface area contributed by atoms with Crippen molar-refractivity contribution in [2.45, 2.75) is 57.7 Å². The maximum atomic E-state index is 6.30. The van der Waals surface area contributed by atoms with E-state index in [1.54, 1.807) is 0 Å². The molecule has 2 nitrogen and oxygen atoms in total. The lowest BCUT2D eigenvalue weighted by molar-refractivity contribution is 0.130. The van der Waals surface area contributed by atoms with Gasteiger partial charge in [-0.1, -0.05) is 40.9 Å². The van der Waals surface area contributed by atoms with Crippen LogP contribution >= 0.6 is 15.9 Å². The first-order valence-electron chi connectivity index (χ1n) is 7.36. The molecule has 3 unspecified atom stereocenters. The van der Waals surface area contributed by atoms with E-state index in [-0.39, 0.29) is 6.04 Å². The number of hydrogen-bond acceptors (Lipinski definition) is 2. The topological polar surface area (TPSA) is 29.3 Å². The lowest BCUT2D eigenvalue weighted by Gasteiger charge is -2.38. The van der Waals surface area contributed by atoms with Gasteiger partial charge in [-0.25, -0.2) is 0 Å². The van der Waals surface area contributed by atoms with E-state index >= 15 is 0 Å². The minimum absolute atomic E-state index is 0.154. The van der Waals surface area contributed by atoms with Crippen LogP contribution in [0.15, 0.2) is 28.7 Å². The Kier molecular flexibility index (Phi) is 5.43. The Morgan fingerprint density at radius 1 is 1.21 bits per heavy atom. The van der Waals surface area contributed by atoms with Crippen molar-refractivity contribution in [1.82, 2.24) is 4.90 Å². The van der Waals surface area contributed by atoms with Crippen LogP contribution in [0.2, 0.25) is 0 Å². The third-order valence-electron chi connectivity index (χ3n) is 4.17. The van der Waals surface area contributed by atoms with E-state index in [4.69, 9.17) is 5.73 Å². The average molecular weight is 325 g/mol. The summed E-state index contributed by atoms with van der Waals surface area (Å²) in [5, 5.41) is 0. The van der Waals surface area contributed by atoms with E-state index < -0.39 is 0 Å². The highest BCUT2D eigenvalue weighted by atomic mass is 79.9. The molecule has 1 aliphatic heterocycles. The summed E-state index contributed by atoms with van der Waals surface area (Å²) in [5.74, 6) is 0. The second-order valence-corrected chi connectivity index (χ2v) is 6.71. The van der Waals surface area contributed by atoms with E-state index in [1.807, 2.05) is 0 Å². The van der Waals surface area contributed by atoms with Crippen molar-refractivity contribution in [3.05, 3.63) is 34.3 Å². The molecule has 3 heteroatoms. The summed E-state index contributed by atoms with van der Waals surface area (Å²) in [6.45, 7) is 5.65. The Balaban J connectivity index is 2.25. The normalized spacial score (nSPS) is 24.7. The highest BCUT2D eigenvalue weighted by molar-refractivity contribution is 9.10. The Bertz CT molecular complexity index is 388. The molecule has 0 bridgehead atoms. The molecule has 1 aromatic rings. The van der Waals surface area contributed by atoms with Crippen molar-refractivity contribution >= 4 is 15.9 Å². The molecule has 2 rings (SSSR count). The Morgan fingerprint density at radius 2 is 1.89 bits per heavy atom. The van der Waals surface area contributed by atoms with Gasteiger partial charge in [0.25, 0.3) is 0 Å². The fourth-order valence-corrected chi connectivity index (χ4v) is 3.43. The third-order valence-corrected chi connectivity index (χ3v) is 4.70. The lowest BCUT2D eigenvalue weighted by Crippen LogP contribution is -2.44. The molecule has 1 fully saturated rings. The molecule has 1 aromatic carbocycles. The van der Waals surface area contributed by atoms with Gasteiger partial charge in [-0.2, -0.15) is 0 Å². The number of nitrogens with zero attached hydrogens (tertiary/aromatic N) is 1. The van der Waals surface area contributed by atoms with Gasteiger partial charge >= 0.3 is 0 Å². The van der Waals surface area contributed by atoms with Crippen LogP contribution in [0.4, 0.5) is 0 Å². The lowest BCUT2D eigenvalue weighted by atomic mass is 9.97. The van der Waals surface area contributed by atoms with Gasteiger partial charge < -0.3 is 5.73 Å². The highest BCUT2D eigenvalue weighted by Gasteiger charge is 2.28. The predicted molar refractivity (Wildman–Crippen MR) is 85.2 cm³/mol. The van der Waals surface area contributed by atoms with E-state index in [0.29, 0.717) is 12.1 Å². The van der Waals surface area contributed by atoms with Crippen LogP contribution in [0.3, 0.4) is 0 Å². The van der Waals surface area contributed by atoms with Crippen LogP contribution < -0.4 is 5.73 Å². The zero-order valence-electron chi connectivity index (χ0n) is 12.0. The molecule has 0 spiro atoms. The molecule has 0 aliphatic carbocycles. The molecule has 2 N–H and O–H groups in total. The smallest absolute Gasteiger partial charge is 0.0499 e. The minimum atomic E-state index is 0.154. The highest BCUT2D eigenvalue weighted by Crippen LogP contribution is 2.30. The molecule has 1 saturated heterocycles. The van der Waals surface area contributed by atoms with Gasteiger partial charge in [0.2, 0.25) is 0 Å². The number of nitrogens with two attached hydrogens (primary N) is 1. The first-order chi connectivity index (χ1) is 9.09. The zero-order chi connectivity index (χ0) is 13.8. The second kappa shape index (κ2) is 6.87. The average Bonchev–Trinajstić information content (AvgIpc) is 2.57. The van der Waals surface area contributed by atoms with Crippen LogP contribution in [0, 0.1) is 0 Å². The monoisotopic (exact) mass is 324 g/mol. The van der Waals surface area contributed by atoms with Crippen molar-refractivity contribution in [3.63, 3.8) is 0 Å². The molecular weight excluding hydrogens is 300 g/mol. The summed E-state index contributed by atoms with van der Waals surface area (Å²) in [7, 11) is 0. The number of halogens is 1. The van der Waals surface area contributed by atoms with Gasteiger partial charge in [-0.05, 0) is 50.9 Å². The zero-order valence-corrected chi connectivity index (χ0v) is 13.6. The van der Waals surface area contributed by atoms with Crippen LogP contribution in [-0.4, -0.2) is 23.5 Å². The maximum Gasteiger partial charge on any atom is 0.0499 e. The third kappa shape index (κ3) is 3.80. The van der Waals surface area contributed by atoms with Crippen molar-refractivity contribution in [3.8, 4) is 0 Å². The second-order valence-electron chi connectivity index (χ2n) is 5.79. The van der Waals surface area contributed by atoms with Gasteiger partial charge in [0.05, 0.1) is 0 Å². The molecule has 0 radical (unpaired) electrons. The first kappa shape index (κ1) is 15.0.